The minimum atomic E-state index is 0.229. The van der Waals surface area contributed by atoms with E-state index in [4.69, 9.17) is 9.47 Å². The number of hydrogen-bond acceptors (Lipinski definition) is 3. The fourth-order valence-electron chi connectivity index (χ4n) is 2.72. The van der Waals surface area contributed by atoms with Crippen molar-refractivity contribution in [3.63, 3.8) is 0 Å². The molecule has 0 amide bonds. The first-order valence-electron chi connectivity index (χ1n) is 6.83. The predicted octanol–water partition coefficient (Wildman–Crippen LogP) is 3.19. The van der Waals surface area contributed by atoms with Gasteiger partial charge >= 0.3 is 0 Å². The van der Waals surface area contributed by atoms with Crippen molar-refractivity contribution in [1.82, 2.24) is 0 Å². The second-order valence-electron chi connectivity index (χ2n) is 5.13. The first kappa shape index (κ1) is 13.0. The van der Waals surface area contributed by atoms with Crippen LogP contribution in [-0.2, 0) is 12.8 Å². The Morgan fingerprint density at radius 3 is 2.70 bits per heavy atom. The molecule has 2 aromatic carbocycles. The molecule has 1 aliphatic carbocycles. The van der Waals surface area contributed by atoms with Crippen molar-refractivity contribution >= 4 is 0 Å². The normalized spacial score (nSPS) is 16.8. The molecule has 0 bridgehead atoms. The van der Waals surface area contributed by atoms with Crippen LogP contribution in [0.2, 0.25) is 0 Å². The lowest BCUT2D eigenvalue weighted by molar-refractivity contribution is 0.232. The maximum Gasteiger partial charge on any atom is 0.131 e. The molecule has 1 unspecified atom stereocenters. The first-order chi connectivity index (χ1) is 9.80. The molecule has 0 fully saturated rings. The van der Waals surface area contributed by atoms with Gasteiger partial charge in [-0.15, -0.1) is 0 Å². The fourth-order valence-corrected chi connectivity index (χ4v) is 2.72. The van der Waals surface area contributed by atoms with Gasteiger partial charge in [-0.2, -0.15) is 0 Å². The van der Waals surface area contributed by atoms with Gasteiger partial charge in [0.15, 0.2) is 0 Å². The molecular formula is C17H18O3. The number of methoxy groups -OCH3 is 1. The van der Waals surface area contributed by atoms with Gasteiger partial charge in [-0.05, 0) is 48.1 Å². The quantitative estimate of drug-likeness (QED) is 0.927. The fraction of sp³-hybridized carbons (Fsp3) is 0.294. The van der Waals surface area contributed by atoms with Gasteiger partial charge in [0.2, 0.25) is 0 Å². The molecule has 2 aromatic rings. The summed E-state index contributed by atoms with van der Waals surface area (Å²) in [6.45, 7) is 0.229. The lowest BCUT2D eigenvalue weighted by atomic mass is 10.1. The molecule has 0 spiro atoms. The van der Waals surface area contributed by atoms with Gasteiger partial charge in [-0.25, -0.2) is 0 Å². The van der Waals surface area contributed by atoms with E-state index in [2.05, 4.69) is 6.07 Å². The molecule has 1 atom stereocenters. The standard InChI is InChI=1S/C17H18O3/c1-19-14-5-3-6-15(10-14)20-17-7-2-4-13-8-12(11-18)9-16(13)17/h2-7,10,12,18H,8-9,11H2,1H3. The molecule has 0 saturated carbocycles. The van der Waals surface area contributed by atoms with E-state index in [-0.39, 0.29) is 6.61 Å². The van der Waals surface area contributed by atoms with E-state index in [1.54, 1.807) is 7.11 Å². The summed E-state index contributed by atoms with van der Waals surface area (Å²) in [5.41, 5.74) is 2.50. The van der Waals surface area contributed by atoms with Crippen molar-refractivity contribution in [2.45, 2.75) is 12.8 Å². The molecule has 3 rings (SSSR count). The molecule has 0 heterocycles. The Morgan fingerprint density at radius 1 is 1.10 bits per heavy atom. The Labute approximate surface area is 118 Å². The van der Waals surface area contributed by atoms with Crippen LogP contribution in [0.5, 0.6) is 17.2 Å². The average molecular weight is 270 g/mol. The Kier molecular flexibility index (Phi) is 3.61. The highest BCUT2D eigenvalue weighted by Crippen LogP contribution is 2.36. The molecule has 3 nitrogen and oxygen atoms in total. The second kappa shape index (κ2) is 5.55. The molecular weight excluding hydrogens is 252 g/mol. The van der Waals surface area contributed by atoms with Gasteiger partial charge in [-0.1, -0.05) is 18.2 Å². The summed E-state index contributed by atoms with van der Waals surface area (Å²) in [6, 6.07) is 13.7. The summed E-state index contributed by atoms with van der Waals surface area (Å²) in [7, 11) is 1.64. The lowest BCUT2D eigenvalue weighted by Gasteiger charge is -2.11. The van der Waals surface area contributed by atoms with Crippen LogP contribution < -0.4 is 9.47 Å². The van der Waals surface area contributed by atoms with E-state index in [1.807, 2.05) is 36.4 Å². The second-order valence-corrected chi connectivity index (χ2v) is 5.13. The van der Waals surface area contributed by atoms with Crippen molar-refractivity contribution in [3.05, 3.63) is 53.6 Å². The summed E-state index contributed by atoms with van der Waals surface area (Å²) in [6.07, 6.45) is 1.81. The van der Waals surface area contributed by atoms with Gasteiger partial charge in [0.1, 0.15) is 17.2 Å². The zero-order chi connectivity index (χ0) is 13.9. The summed E-state index contributed by atoms with van der Waals surface area (Å²) >= 11 is 0. The van der Waals surface area contributed by atoms with Crippen LogP contribution in [0.1, 0.15) is 11.1 Å². The van der Waals surface area contributed by atoms with Crippen molar-refractivity contribution in [3.8, 4) is 17.2 Å². The van der Waals surface area contributed by atoms with Crippen LogP contribution in [0, 0.1) is 5.92 Å². The number of rotatable bonds is 4. The van der Waals surface area contributed by atoms with Crippen LogP contribution in [0.3, 0.4) is 0 Å². The number of aliphatic hydroxyl groups is 1. The van der Waals surface area contributed by atoms with Gasteiger partial charge in [0.25, 0.3) is 0 Å². The van der Waals surface area contributed by atoms with Crippen LogP contribution in [0.25, 0.3) is 0 Å². The van der Waals surface area contributed by atoms with Gasteiger partial charge in [0, 0.05) is 12.7 Å². The number of benzene rings is 2. The molecule has 104 valence electrons. The van der Waals surface area contributed by atoms with Gasteiger partial charge < -0.3 is 14.6 Å². The van der Waals surface area contributed by atoms with E-state index in [0.717, 1.165) is 30.1 Å². The molecule has 0 radical (unpaired) electrons. The minimum absolute atomic E-state index is 0.229. The largest absolute Gasteiger partial charge is 0.497 e. The van der Waals surface area contributed by atoms with E-state index in [9.17, 15) is 5.11 Å². The topological polar surface area (TPSA) is 38.7 Å². The number of aliphatic hydroxyl groups excluding tert-OH is 1. The highest BCUT2D eigenvalue weighted by atomic mass is 16.5. The van der Waals surface area contributed by atoms with Crippen LogP contribution >= 0.6 is 0 Å². The van der Waals surface area contributed by atoms with E-state index in [1.165, 1.54) is 11.1 Å². The van der Waals surface area contributed by atoms with Crippen LogP contribution in [0.15, 0.2) is 42.5 Å². The Balaban J connectivity index is 1.87. The van der Waals surface area contributed by atoms with Crippen molar-refractivity contribution < 1.29 is 14.6 Å². The first-order valence-corrected chi connectivity index (χ1v) is 6.83. The Bertz CT molecular complexity index is 607. The smallest absolute Gasteiger partial charge is 0.131 e. The molecule has 20 heavy (non-hydrogen) atoms. The van der Waals surface area contributed by atoms with Crippen molar-refractivity contribution in [2.75, 3.05) is 13.7 Å². The predicted molar refractivity (Wildman–Crippen MR) is 77.5 cm³/mol. The monoisotopic (exact) mass is 270 g/mol. The van der Waals surface area contributed by atoms with Gasteiger partial charge in [-0.3, -0.25) is 0 Å². The summed E-state index contributed by atoms with van der Waals surface area (Å²) in [5.74, 6) is 2.75. The zero-order valence-corrected chi connectivity index (χ0v) is 11.5. The summed E-state index contributed by atoms with van der Waals surface area (Å²) in [5, 5.41) is 9.33. The van der Waals surface area contributed by atoms with Crippen molar-refractivity contribution in [1.29, 1.82) is 0 Å². The summed E-state index contributed by atoms with van der Waals surface area (Å²) < 4.78 is 11.2. The highest BCUT2D eigenvalue weighted by Gasteiger charge is 2.23. The average Bonchev–Trinajstić information content (AvgIpc) is 2.92. The maximum atomic E-state index is 9.33. The van der Waals surface area contributed by atoms with Crippen LogP contribution in [0.4, 0.5) is 0 Å². The minimum Gasteiger partial charge on any atom is -0.497 e. The maximum absolute atomic E-state index is 9.33. The van der Waals surface area contributed by atoms with Crippen LogP contribution in [-0.4, -0.2) is 18.8 Å². The third-order valence-electron chi connectivity index (χ3n) is 3.76. The number of fused-ring (bicyclic) bond motifs is 1. The lowest BCUT2D eigenvalue weighted by Crippen LogP contribution is -2.04. The SMILES string of the molecule is COc1cccc(Oc2cccc3c2CC(CO)C3)c1. The van der Waals surface area contributed by atoms with Crippen molar-refractivity contribution in [2.24, 2.45) is 5.92 Å². The number of ether oxygens (including phenoxy) is 2. The number of hydrogen-bond donors (Lipinski definition) is 1. The van der Waals surface area contributed by atoms with E-state index < -0.39 is 0 Å². The molecule has 0 saturated heterocycles. The van der Waals surface area contributed by atoms with Gasteiger partial charge in [0.05, 0.1) is 7.11 Å². The van der Waals surface area contributed by atoms with E-state index >= 15 is 0 Å². The molecule has 1 aliphatic rings. The third-order valence-corrected chi connectivity index (χ3v) is 3.76. The Morgan fingerprint density at radius 2 is 1.90 bits per heavy atom. The Hall–Kier alpha value is -2.00. The molecule has 0 aliphatic heterocycles. The zero-order valence-electron chi connectivity index (χ0n) is 11.5. The molecule has 3 heteroatoms. The molecule has 1 N–H and O–H groups in total. The molecule has 0 aromatic heterocycles. The highest BCUT2D eigenvalue weighted by molar-refractivity contribution is 5.46. The third kappa shape index (κ3) is 2.49. The van der Waals surface area contributed by atoms with E-state index in [0.29, 0.717) is 5.92 Å². The summed E-state index contributed by atoms with van der Waals surface area (Å²) in [4.78, 5) is 0.